The molecule has 1 rings (SSSR count). The van der Waals surface area contributed by atoms with Crippen LogP contribution >= 0.6 is 0 Å². The molecule has 0 aromatic carbocycles. The van der Waals surface area contributed by atoms with Gasteiger partial charge in [-0.2, -0.15) is 0 Å². The Kier molecular flexibility index (Phi) is 5.41. The van der Waals surface area contributed by atoms with Crippen molar-refractivity contribution in [3.8, 4) is 0 Å². The summed E-state index contributed by atoms with van der Waals surface area (Å²) in [6.07, 6.45) is 9.09. The highest BCUT2D eigenvalue weighted by atomic mass is 16.3. The maximum atomic E-state index is 8.36. The predicted molar refractivity (Wildman–Crippen MR) is 42.4 cm³/mol. The molecule has 0 saturated carbocycles. The molecule has 0 aliphatic carbocycles. The fourth-order valence-electron chi connectivity index (χ4n) is 0.470. The zero-order chi connectivity index (χ0) is 8.53. The molecule has 1 heterocycles. The highest BCUT2D eigenvalue weighted by molar-refractivity contribution is 5.32. The molecule has 0 atom stereocenters. The van der Waals surface area contributed by atoms with Crippen LogP contribution in [0, 0.1) is 0 Å². The molecule has 0 amide bonds. The van der Waals surface area contributed by atoms with E-state index < -0.39 is 0 Å². The summed E-state index contributed by atoms with van der Waals surface area (Å²) in [7, 11) is 0. The maximum Gasteiger partial charge on any atom is 0.290 e. The van der Waals surface area contributed by atoms with Crippen LogP contribution in [0.1, 0.15) is 0 Å². The second kappa shape index (κ2) is 6.41. The third-order valence-electron chi connectivity index (χ3n) is 0.853. The van der Waals surface area contributed by atoms with Crippen molar-refractivity contribution in [1.29, 1.82) is 0 Å². The third kappa shape index (κ3) is 6.17. The van der Waals surface area contributed by atoms with Crippen LogP contribution in [-0.4, -0.2) is 11.6 Å². The van der Waals surface area contributed by atoms with Crippen LogP contribution in [0.15, 0.2) is 36.3 Å². The lowest BCUT2D eigenvalue weighted by atomic mass is 10.4. The van der Waals surface area contributed by atoms with E-state index in [1.54, 1.807) is 12.3 Å². The van der Waals surface area contributed by atoms with Gasteiger partial charge in [-0.05, 0) is 18.2 Å². The van der Waals surface area contributed by atoms with E-state index in [9.17, 15) is 0 Å². The standard InChI is InChI=1S/C6H8N2.CH2O2/c7-6-2-1-4-8-5-3-6;2-1-3/h1-5,8H,7H2;1H,(H,2,3). The van der Waals surface area contributed by atoms with Crippen LogP contribution in [0.4, 0.5) is 0 Å². The smallest absolute Gasteiger partial charge is 0.290 e. The fourth-order valence-corrected chi connectivity index (χ4v) is 0.470. The molecule has 0 fully saturated rings. The molecular formula is C7H10N2O2. The zero-order valence-corrected chi connectivity index (χ0v) is 5.90. The minimum Gasteiger partial charge on any atom is -0.483 e. The van der Waals surface area contributed by atoms with Crippen molar-refractivity contribution in [3.63, 3.8) is 0 Å². The van der Waals surface area contributed by atoms with E-state index in [1.165, 1.54) is 0 Å². The minimum absolute atomic E-state index is 0.250. The first kappa shape index (κ1) is 9.29. The average Bonchev–Trinajstić information content (AvgIpc) is 2.18. The van der Waals surface area contributed by atoms with Crippen LogP contribution in [0.25, 0.3) is 0 Å². The first-order chi connectivity index (χ1) is 5.31. The molecule has 0 unspecified atom stereocenters. The summed E-state index contributed by atoms with van der Waals surface area (Å²) in [6, 6.07) is 0. The van der Waals surface area contributed by atoms with Crippen LogP contribution in [-0.2, 0) is 4.79 Å². The van der Waals surface area contributed by atoms with Crippen molar-refractivity contribution in [3.05, 3.63) is 36.3 Å². The summed E-state index contributed by atoms with van der Waals surface area (Å²) in [5.74, 6) is 0. The molecule has 4 heteroatoms. The SMILES string of the molecule is NC1=CC=CNC=C1.O=CO. The van der Waals surface area contributed by atoms with Crippen LogP contribution in [0.5, 0.6) is 0 Å². The summed E-state index contributed by atoms with van der Waals surface area (Å²) in [6.45, 7) is -0.250. The number of rotatable bonds is 0. The topological polar surface area (TPSA) is 75.3 Å². The van der Waals surface area contributed by atoms with Crippen molar-refractivity contribution in [2.45, 2.75) is 0 Å². The lowest BCUT2D eigenvalue weighted by Gasteiger charge is -1.83. The molecule has 1 aliphatic heterocycles. The Labute approximate surface area is 64.7 Å². The Morgan fingerprint density at radius 1 is 1.55 bits per heavy atom. The Balaban J connectivity index is 0.000000292. The summed E-state index contributed by atoms with van der Waals surface area (Å²) in [4.78, 5) is 8.36. The first-order valence-electron chi connectivity index (χ1n) is 2.94. The van der Waals surface area contributed by atoms with E-state index in [1.807, 2.05) is 18.4 Å². The van der Waals surface area contributed by atoms with Gasteiger partial charge in [0.05, 0.1) is 0 Å². The lowest BCUT2D eigenvalue weighted by Crippen LogP contribution is -1.92. The van der Waals surface area contributed by atoms with Gasteiger partial charge in [0, 0.05) is 18.1 Å². The summed E-state index contributed by atoms with van der Waals surface area (Å²) in [5, 5.41) is 9.77. The van der Waals surface area contributed by atoms with Crippen molar-refractivity contribution in [2.24, 2.45) is 5.73 Å². The molecule has 11 heavy (non-hydrogen) atoms. The van der Waals surface area contributed by atoms with Gasteiger partial charge in [-0.25, -0.2) is 0 Å². The van der Waals surface area contributed by atoms with Gasteiger partial charge in [-0.15, -0.1) is 0 Å². The van der Waals surface area contributed by atoms with Gasteiger partial charge in [0.15, 0.2) is 0 Å². The average molecular weight is 154 g/mol. The third-order valence-corrected chi connectivity index (χ3v) is 0.853. The van der Waals surface area contributed by atoms with Crippen molar-refractivity contribution >= 4 is 6.47 Å². The highest BCUT2D eigenvalue weighted by Crippen LogP contribution is 1.89. The van der Waals surface area contributed by atoms with E-state index in [0.717, 1.165) is 5.70 Å². The van der Waals surface area contributed by atoms with Gasteiger partial charge in [0.1, 0.15) is 0 Å². The second-order valence-electron chi connectivity index (χ2n) is 1.63. The molecule has 4 nitrogen and oxygen atoms in total. The Bertz CT molecular complexity index is 195. The number of hydrogen-bond acceptors (Lipinski definition) is 3. The molecule has 0 spiro atoms. The summed E-state index contributed by atoms with van der Waals surface area (Å²) in [5.41, 5.74) is 6.19. The predicted octanol–water partition coefficient (Wildman–Crippen LogP) is 0.160. The zero-order valence-electron chi connectivity index (χ0n) is 5.90. The molecule has 0 aromatic rings. The quantitative estimate of drug-likeness (QED) is 0.434. The van der Waals surface area contributed by atoms with E-state index in [0.29, 0.717) is 0 Å². The van der Waals surface area contributed by atoms with E-state index in [2.05, 4.69) is 5.32 Å². The molecule has 4 N–H and O–H groups in total. The summed E-state index contributed by atoms with van der Waals surface area (Å²) >= 11 is 0. The molecule has 0 bridgehead atoms. The molecule has 0 aromatic heterocycles. The second-order valence-corrected chi connectivity index (χ2v) is 1.63. The molecule has 1 aliphatic rings. The minimum atomic E-state index is -0.250. The van der Waals surface area contributed by atoms with Gasteiger partial charge in [-0.3, -0.25) is 4.79 Å². The number of allylic oxidation sites excluding steroid dienone is 3. The normalized spacial score (nSPS) is 13.3. The fraction of sp³-hybridized carbons (Fsp3) is 0. The number of carboxylic acid groups (broad SMARTS) is 1. The monoisotopic (exact) mass is 154 g/mol. The molecular weight excluding hydrogens is 144 g/mol. The van der Waals surface area contributed by atoms with Crippen molar-refractivity contribution in [2.75, 3.05) is 0 Å². The van der Waals surface area contributed by atoms with E-state index in [-0.39, 0.29) is 6.47 Å². The number of nitrogens with two attached hydrogens (primary N) is 1. The highest BCUT2D eigenvalue weighted by Gasteiger charge is 1.79. The lowest BCUT2D eigenvalue weighted by molar-refractivity contribution is -0.122. The van der Waals surface area contributed by atoms with E-state index >= 15 is 0 Å². The Morgan fingerprint density at radius 2 is 2.18 bits per heavy atom. The maximum absolute atomic E-state index is 8.36. The van der Waals surface area contributed by atoms with Gasteiger partial charge in [-0.1, -0.05) is 0 Å². The molecule has 60 valence electrons. The number of hydrogen-bond donors (Lipinski definition) is 3. The van der Waals surface area contributed by atoms with Crippen LogP contribution in [0.3, 0.4) is 0 Å². The van der Waals surface area contributed by atoms with Gasteiger partial charge in [0.25, 0.3) is 6.47 Å². The first-order valence-corrected chi connectivity index (χ1v) is 2.94. The summed E-state index contributed by atoms with van der Waals surface area (Å²) < 4.78 is 0. The van der Waals surface area contributed by atoms with Gasteiger partial charge < -0.3 is 16.2 Å². The number of nitrogens with one attached hydrogen (secondary N) is 1. The van der Waals surface area contributed by atoms with Crippen LogP contribution < -0.4 is 11.1 Å². The number of carbonyl (C=O) groups is 1. The van der Waals surface area contributed by atoms with Crippen LogP contribution in [0.2, 0.25) is 0 Å². The molecule has 0 radical (unpaired) electrons. The van der Waals surface area contributed by atoms with Crippen molar-refractivity contribution < 1.29 is 9.90 Å². The van der Waals surface area contributed by atoms with Gasteiger partial charge in [0.2, 0.25) is 0 Å². The molecule has 0 saturated heterocycles. The van der Waals surface area contributed by atoms with Gasteiger partial charge >= 0.3 is 0 Å². The van der Waals surface area contributed by atoms with Crippen molar-refractivity contribution in [1.82, 2.24) is 5.32 Å². The van der Waals surface area contributed by atoms with E-state index in [4.69, 9.17) is 15.6 Å². The largest absolute Gasteiger partial charge is 0.483 e. The Hall–Kier alpha value is -1.71. The Morgan fingerprint density at radius 3 is 2.82 bits per heavy atom.